The van der Waals surface area contributed by atoms with Gasteiger partial charge in [0.15, 0.2) is 0 Å². The second-order valence-electron chi connectivity index (χ2n) is 7.19. The molecule has 0 spiro atoms. The SMILES string of the molecule is Cc1nc2ccc(C(=O)O)cc2n1Cc1ccc2c(c1O)Cc1ccccc1-2. The minimum absolute atomic E-state index is 0.224. The molecule has 0 saturated heterocycles. The van der Waals surface area contributed by atoms with Gasteiger partial charge in [-0.1, -0.05) is 36.4 Å². The van der Waals surface area contributed by atoms with Gasteiger partial charge in [-0.15, -0.1) is 0 Å². The molecule has 0 unspecified atom stereocenters. The molecule has 0 saturated carbocycles. The summed E-state index contributed by atoms with van der Waals surface area (Å²) in [5, 5.41) is 20.3. The van der Waals surface area contributed by atoms with Gasteiger partial charge in [0.25, 0.3) is 0 Å². The predicted octanol–water partition coefficient (Wildman–Crippen LogP) is 4.37. The maximum atomic E-state index is 11.3. The Morgan fingerprint density at radius 1 is 1.11 bits per heavy atom. The van der Waals surface area contributed by atoms with Crippen molar-refractivity contribution in [2.45, 2.75) is 19.9 Å². The molecule has 1 aliphatic rings. The fourth-order valence-corrected chi connectivity index (χ4v) is 4.12. The lowest BCUT2D eigenvalue weighted by Crippen LogP contribution is -2.04. The van der Waals surface area contributed by atoms with Gasteiger partial charge >= 0.3 is 5.97 Å². The van der Waals surface area contributed by atoms with Crippen LogP contribution in [0.25, 0.3) is 22.2 Å². The lowest BCUT2D eigenvalue weighted by Gasteiger charge is -2.12. The van der Waals surface area contributed by atoms with Gasteiger partial charge in [0.1, 0.15) is 11.6 Å². The third-order valence-electron chi connectivity index (χ3n) is 5.56. The number of benzene rings is 3. The van der Waals surface area contributed by atoms with Crippen LogP contribution in [0.15, 0.2) is 54.6 Å². The fourth-order valence-electron chi connectivity index (χ4n) is 4.12. The number of nitrogens with zero attached hydrogens (tertiary/aromatic N) is 2. The molecule has 1 aliphatic carbocycles. The first-order valence-corrected chi connectivity index (χ1v) is 9.15. The highest BCUT2D eigenvalue weighted by atomic mass is 16.4. The molecule has 4 aromatic rings. The van der Waals surface area contributed by atoms with E-state index in [1.807, 2.05) is 29.7 Å². The molecule has 3 aromatic carbocycles. The third kappa shape index (κ3) is 2.40. The molecule has 0 fully saturated rings. The van der Waals surface area contributed by atoms with Gasteiger partial charge in [-0.25, -0.2) is 9.78 Å². The average molecular weight is 370 g/mol. The highest BCUT2D eigenvalue weighted by Gasteiger charge is 2.23. The topological polar surface area (TPSA) is 75.3 Å². The molecule has 0 amide bonds. The number of phenolic OH excluding ortho intramolecular Hbond substituents is 1. The van der Waals surface area contributed by atoms with E-state index in [1.165, 1.54) is 11.1 Å². The fraction of sp³-hybridized carbons (Fsp3) is 0.130. The second-order valence-corrected chi connectivity index (χ2v) is 7.19. The summed E-state index contributed by atoms with van der Waals surface area (Å²) in [6.45, 7) is 2.32. The highest BCUT2D eigenvalue weighted by Crippen LogP contribution is 2.42. The lowest BCUT2D eigenvalue weighted by molar-refractivity contribution is 0.0697. The van der Waals surface area contributed by atoms with Crippen LogP contribution >= 0.6 is 0 Å². The van der Waals surface area contributed by atoms with Gasteiger partial charge < -0.3 is 14.8 Å². The number of aromatic nitrogens is 2. The van der Waals surface area contributed by atoms with Crippen molar-refractivity contribution in [3.05, 3.63) is 82.7 Å². The van der Waals surface area contributed by atoms with Crippen LogP contribution in [0.5, 0.6) is 5.75 Å². The number of hydrogen-bond donors (Lipinski definition) is 2. The molecule has 0 radical (unpaired) electrons. The van der Waals surface area contributed by atoms with Crippen LogP contribution in [-0.2, 0) is 13.0 Å². The van der Waals surface area contributed by atoms with Crippen molar-refractivity contribution in [2.24, 2.45) is 0 Å². The number of rotatable bonds is 3. The molecule has 1 aromatic heterocycles. The van der Waals surface area contributed by atoms with Crippen LogP contribution < -0.4 is 0 Å². The number of phenols is 1. The van der Waals surface area contributed by atoms with E-state index in [2.05, 4.69) is 23.2 Å². The van der Waals surface area contributed by atoms with Crippen LogP contribution in [0.2, 0.25) is 0 Å². The molecule has 5 rings (SSSR count). The van der Waals surface area contributed by atoms with Gasteiger partial charge in [-0.3, -0.25) is 0 Å². The summed E-state index contributed by atoms with van der Waals surface area (Å²) in [6, 6.07) is 17.1. The number of fused-ring (bicyclic) bond motifs is 4. The van der Waals surface area contributed by atoms with E-state index >= 15 is 0 Å². The van der Waals surface area contributed by atoms with Crippen molar-refractivity contribution < 1.29 is 15.0 Å². The lowest BCUT2D eigenvalue weighted by atomic mass is 10.0. The summed E-state index contributed by atoms with van der Waals surface area (Å²) in [7, 11) is 0. The summed E-state index contributed by atoms with van der Waals surface area (Å²) in [6.07, 6.45) is 0.720. The molecule has 2 N–H and O–H groups in total. The summed E-state index contributed by atoms with van der Waals surface area (Å²) >= 11 is 0. The molecule has 0 bridgehead atoms. The van der Waals surface area contributed by atoms with E-state index in [0.29, 0.717) is 12.3 Å². The highest BCUT2D eigenvalue weighted by molar-refractivity contribution is 5.92. The van der Waals surface area contributed by atoms with E-state index < -0.39 is 5.97 Å². The predicted molar refractivity (Wildman–Crippen MR) is 107 cm³/mol. The zero-order chi connectivity index (χ0) is 19.4. The summed E-state index contributed by atoms with van der Waals surface area (Å²) in [4.78, 5) is 15.9. The summed E-state index contributed by atoms with van der Waals surface area (Å²) in [5.74, 6) is 0.121. The molecule has 0 atom stereocenters. The molecule has 0 aliphatic heterocycles. The van der Waals surface area contributed by atoms with Crippen LogP contribution in [0.4, 0.5) is 0 Å². The summed E-state index contributed by atoms with van der Waals surface area (Å²) < 4.78 is 1.95. The number of aromatic carboxylic acids is 1. The van der Waals surface area contributed by atoms with Crippen LogP contribution in [0.3, 0.4) is 0 Å². The Balaban J connectivity index is 1.59. The van der Waals surface area contributed by atoms with Gasteiger partial charge in [0, 0.05) is 17.5 Å². The molecular formula is C23H18N2O3. The zero-order valence-electron chi connectivity index (χ0n) is 15.3. The molecule has 1 heterocycles. The third-order valence-corrected chi connectivity index (χ3v) is 5.56. The number of imidazole rings is 1. The normalized spacial score (nSPS) is 12.2. The molecule has 138 valence electrons. The van der Waals surface area contributed by atoms with E-state index in [1.54, 1.807) is 18.2 Å². The van der Waals surface area contributed by atoms with Crippen molar-refractivity contribution in [1.82, 2.24) is 9.55 Å². The van der Waals surface area contributed by atoms with Crippen LogP contribution in [0.1, 0.15) is 32.9 Å². The number of aryl methyl sites for hydroxylation is 1. The van der Waals surface area contributed by atoms with Crippen molar-refractivity contribution in [3.8, 4) is 16.9 Å². The van der Waals surface area contributed by atoms with Gasteiger partial charge in [0.2, 0.25) is 0 Å². The van der Waals surface area contributed by atoms with E-state index in [-0.39, 0.29) is 5.56 Å². The Morgan fingerprint density at radius 3 is 2.75 bits per heavy atom. The van der Waals surface area contributed by atoms with Crippen LogP contribution in [0, 0.1) is 6.92 Å². The molecular weight excluding hydrogens is 352 g/mol. The first-order valence-electron chi connectivity index (χ1n) is 9.15. The minimum Gasteiger partial charge on any atom is -0.507 e. The number of carboxylic acids is 1. The van der Waals surface area contributed by atoms with Crippen molar-refractivity contribution in [2.75, 3.05) is 0 Å². The average Bonchev–Trinajstić information content (AvgIpc) is 3.21. The zero-order valence-corrected chi connectivity index (χ0v) is 15.3. The van der Waals surface area contributed by atoms with Gasteiger partial charge in [-0.05, 0) is 41.8 Å². The molecule has 5 heteroatoms. The standard InChI is InChI=1S/C23H18N2O3/c1-13-24-20-9-7-15(23(27)28)11-21(20)25(13)12-16-6-8-18-17-5-3-2-4-14(17)10-19(18)22(16)26/h2-9,11,26H,10,12H2,1H3,(H,27,28). The quantitative estimate of drug-likeness (QED) is 0.495. The van der Waals surface area contributed by atoms with Crippen LogP contribution in [-0.4, -0.2) is 25.7 Å². The van der Waals surface area contributed by atoms with E-state index in [9.17, 15) is 15.0 Å². The minimum atomic E-state index is -0.967. The summed E-state index contributed by atoms with van der Waals surface area (Å²) in [5.41, 5.74) is 6.95. The van der Waals surface area contributed by atoms with Crippen molar-refractivity contribution in [1.29, 1.82) is 0 Å². The first kappa shape index (κ1) is 16.6. The second kappa shape index (κ2) is 5.96. The Labute approximate surface area is 161 Å². The van der Waals surface area contributed by atoms with Gasteiger partial charge in [0.05, 0.1) is 23.1 Å². The first-order chi connectivity index (χ1) is 13.5. The maximum absolute atomic E-state index is 11.3. The smallest absolute Gasteiger partial charge is 0.335 e. The Kier molecular flexibility index (Phi) is 3.52. The van der Waals surface area contributed by atoms with Crippen molar-refractivity contribution >= 4 is 17.0 Å². The monoisotopic (exact) mass is 370 g/mol. The number of carbonyl (C=O) groups is 1. The number of aromatic hydroxyl groups is 1. The largest absolute Gasteiger partial charge is 0.507 e. The van der Waals surface area contributed by atoms with E-state index in [4.69, 9.17) is 0 Å². The maximum Gasteiger partial charge on any atom is 0.335 e. The number of hydrogen-bond acceptors (Lipinski definition) is 3. The Morgan fingerprint density at radius 2 is 1.93 bits per heavy atom. The molecule has 5 nitrogen and oxygen atoms in total. The van der Waals surface area contributed by atoms with Gasteiger partial charge in [-0.2, -0.15) is 0 Å². The Bertz CT molecular complexity index is 1270. The molecule has 28 heavy (non-hydrogen) atoms. The Hall–Kier alpha value is -3.60. The number of carboxylic acid groups (broad SMARTS) is 1. The van der Waals surface area contributed by atoms with E-state index in [0.717, 1.165) is 40.0 Å². The van der Waals surface area contributed by atoms with Crippen molar-refractivity contribution in [3.63, 3.8) is 0 Å².